The lowest BCUT2D eigenvalue weighted by atomic mass is 10.1. The molecule has 0 saturated carbocycles. The van der Waals surface area contributed by atoms with Gasteiger partial charge in [-0.15, -0.1) is 0 Å². The number of hydrogen-bond acceptors (Lipinski definition) is 2. The Bertz CT molecular complexity index is 440. The number of aryl methyl sites for hydroxylation is 1. The van der Waals surface area contributed by atoms with E-state index in [1.54, 1.807) is 19.1 Å². The Morgan fingerprint density at radius 3 is 2.65 bits per heavy atom. The Morgan fingerprint density at radius 1 is 1.47 bits per heavy atom. The SMILES string of the molecule is CCCC(C)S(=O)c1ccc(C)c(C(=O)O)c1. The van der Waals surface area contributed by atoms with Gasteiger partial charge < -0.3 is 5.11 Å². The van der Waals surface area contributed by atoms with Crippen LogP contribution in [-0.4, -0.2) is 20.5 Å². The van der Waals surface area contributed by atoms with Gasteiger partial charge >= 0.3 is 5.97 Å². The molecule has 0 aliphatic carbocycles. The van der Waals surface area contributed by atoms with Crippen molar-refractivity contribution in [3.63, 3.8) is 0 Å². The maximum Gasteiger partial charge on any atom is 0.335 e. The molecule has 2 atom stereocenters. The van der Waals surface area contributed by atoms with Crippen molar-refractivity contribution in [3.8, 4) is 0 Å². The topological polar surface area (TPSA) is 54.4 Å². The lowest BCUT2D eigenvalue weighted by molar-refractivity contribution is 0.0696. The smallest absolute Gasteiger partial charge is 0.335 e. The average molecular weight is 254 g/mol. The first-order chi connectivity index (χ1) is 7.97. The van der Waals surface area contributed by atoms with Crippen LogP contribution in [0.25, 0.3) is 0 Å². The molecule has 0 radical (unpaired) electrons. The number of rotatable bonds is 5. The minimum Gasteiger partial charge on any atom is -0.478 e. The Labute approximate surface area is 104 Å². The lowest BCUT2D eigenvalue weighted by Crippen LogP contribution is -2.11. The van der Waals surface area contributed by atoms with Crippen molar-refractivity contribution in [3.05, 3.63) is 29.3 Å². The van der Waals surface area contributed by atoms with Gasteiger partial charge in [-0.2, -0.15) is 0 Å². The van der Waals surface area contributed by atoms with Crippen molar-refractivity contribution in [2.45, 2.75) is 43.8 Å². The summed E-state index contributed by atoms with van der Waals surface area (Å²) in [7, 11) is -1.13. The van der Waals surface area contributed by atoms with Crippen LogP contribution in [0.3, 0.4) is 0 Å². The first-order valence-corrected chi connectivity index (χ1v) is 6.93. The maximum atomic E-state index is 12.1. The van der Waals surface area contributed by atoms with E-state index >= 15 is 0 Å². The van der Waals surface area contributed by atoms with Crippen LogP contribution in [-0.2, 0) is 10.8 Å². The fourth-order valence-electron chi connectivity index (χ4n) is 1.70. The summed E-state index contributed by atoms with van der Waals surface area (Å²) in [5, 5.41) is 9.07. The van der Waals surface area contributed by atoms with Gasteiger partial charge in [-0.1, -0.05) is 26.3 Å². The van der Waals surface area contributed by atoms with E-state index in [-0.39, 0.29) is 10.8 Å². The second-order valence-electron chi connectivity index (χ2n) is 4.18. The van der Waals surface area contributed by atoms with Gasteiger partial charge in [0.25, 0.3) is 0 Å². The molecule has 4 heteroatoms. The standard InChI is InChI=1S/C13H18O3S/c1-4-5-10(3)17(16)11-7-6-9(2)12(8-11)13(14)15/h6-8,10H,4-5H2,1-3H3,(H,14,15). The van der Waals surface area contributed by atoms with Crippen molar-refractivity contribution in [2.24, 2.45) is 0 Å². The Kier molecular flexibility index (Phi) is 4.87. The van der Waals surface area contributed by atoms with Crippen LogP contribution in [0.1, 0.15) is 42.6 Å². The number of hydrogen-bond donors (Lipinski definition) is 1. The minimum atomic E-state index is -1.13. The van der Waals surface area contributed by atoms with Crippen molar-refractivity contribution >= 4 is 16.8 Å². The van der Waals surface area contributed by atoms with Crippen LogP contribution in [0, 0.1) is 6.92 Å². The predicted octanol–water partition coefficient (Wildman–Crippen LogP) is 2.99. The molecule has 0 fully saturated rings. The highest BCUT2D eigenvalue weighted by Crippen LogP contribution is 2.18. The highest BCUT2D eigenvalue weighted by Gasteiger charge is 2.15. The van der Waals surface area contributed by atoms with Gasteiger partial charge in [0.15, 0.2) is 0 Å². The lowest BCUT2D eigenvalue weighted by Gasteiger charge is -2.11. The number of carbonyl (C=O) groups is 1. The van der Waals surface area contributed by atoms with Crippen LogP contribution in [0.4, 0.5) is 0 Å². The van der Waals surface area contributed by atoms with Crippen molar-refractivity contribution < 1.29 is 14.1 Å². The third-order valence-corrected chi connectivity index (χ3v) is 4.42. The summed E-state index contributed by atoms with van der Waals surface area (Å²) in [5.74, 6) is -0.968. The van der Waals surface area contributed by atoms with E-state index in [1.807, 2.05) is 13.8 Å². The number of aromatic carboxylic acids is 1. The predicted molar refractivity (Wildman–Crippen MR) is 68.9 cm³/mol. The third-order valence-electron chi connectivity index (χ3n) is 2.73. The summed E-state index contributed by atoms with van der Waals surface area (Å²) in [6, 6.07) is 5.00. The van der Waals surface area contributed by atoms with E-state index < -0.39 is 16.8 Å². The van der Waals surface area contributed by atoms with Gasteiger partial charge in [-0.05, 0) is 31.0 Å². The van der Waals surface area contributed by atoms with Crippen LogP contribution in [0.15, 0.2) is 23.1 Å². The van der Waals surface area contributed by atoms with Gasteiger partial charge in [-0.3, -0.25) is 4.21 Å². The molecule has 0 aliphatic heterocycles. The van der Waals surface area contributed by atoms with Crippen molar-refractivity contribution in [1.29, 1.82) is 0 Å². The van der Waals surface area contributed by atoms with Crippen molar-refractivity contribution in [1.82, 2.24) is 0 Å². The summed E-state index contributed by atoms with van der Waals surface area (Å²) >= 11 is 0. The summed E-state index contributed by atoms with van der Waals surface area (Å²) in [6.07, 6.45) is 1.85. The van der Waals surface area contributed by atoms with Crippen LogP contribution in [0.2, 0.25) is 0 Å². The first kappa shape index (κ1) is 13.9. The largest absolute Gasteiger partial charge is 0.478 e. The van der Waals surface area contributed by atoms with Crippen LogP contribution < -0.4 is 0 Å². The van der Waals surface area contributed by atoms with Crippen LogP contribution in [0.5, 0.6) is 0 Å². The molecule has 1 aromatic rings. The van der Waals surface area contributed by atoms with E-state index in [0.717, 1.165) is 12.8 Å². The number of benzene rings is 1. The average Bonchev–Trinajstić information content (AvgIpc) is 2.28. The molecule has 94 valence electrons. The molecule has 0 aliphatic rings. The summed E-state index contributed by atoms with van der Waals surface area (Å²) in [5.41, 5.74) is 0.931. The third kappa shape index (κ3) is 3.40. The van der Waals surface area contributed by atoms with E-state index in [4.69, 9.17) is 5.11 Å². The zero-order valence-corrected chi connectivity index (χ0v) is 11.2. The molecular formula is C13H18O3S. The Morgan fingerprint density at radius 2 is 2.12 bits per heavy atom. The monoisotopic (exact) mass is 254 g/mol. The van der Waals surface area contributed by atoms with Gasteiger partial charge in [0.05, 0.1) is 16.4 Å². The molecule has 1 N–H and O–H groups in total. The molecule has 2 unspecified atom stereocenters. The number of carboxylic acid groups (broad SMARTS) is 1. The molecule has 3 nitrogen and oxygen atoms in total. The highest BCUT2D eigenvalue weighted by molar-refractivity contribution is 7.85. The first-order valence-electron chi connectivity index (χ1n) is 5.71. The number of carboxylic acids is 1. The zero-order chi connectivity index (χ0) is 13.0. The van der Waals surface area contributed by atoms with E-state index in [0.29, 0.717) is 10.5 Å². The molecule has 0 saturated heterocycles. The molecule has 0 bridgehead atoms. The maximum absolute atomic E-state index is 12.1. The molecule has 17 heavy (non-hydrogen) atoms. The van der Waals surface area contributed by atoms with E-state index in [9.17, 15) is 9.00 Å². The Balaban J connectivity index is 3.03. The van der Waals surface area contributed by atoms with Crippen LogP contribution >= 0.6 is 0 Å². The van der Waals surface area contributed by atoms with E-state index in [2.05, 4.69) is 0 Å². The second kappa shape index (κ2) is 5.96. The molecule has 0 amide bonds. The van der Waals surface area contributed by atoms with Gasteiger partial charge in [0.2, 0.25) is 0 Å². The molecular weight excluding hydrogens is 236 g/mol. The van der Waals surface area contributed by atoms with Crippen molar-refractivity contribution in [2.75, 3.05) is 0 Å². The second-order valence-corrected chi connectivity index (χ2v) is 6.05. The van der Waals surface area contributed by atoms with Gasteiger partial charge in [0, 0.05) is 10.1 Å². The molecule has 1 rings (SSSR count). The normalized spacial score (nSPS) is 14.3. The minimum absolute atomic E-state index is 0.0596. The summed E-state index contributed by atoms with van der Waals surface area (Å²) in [6.45, 7) is 5.72. The molecule has 0 aromatic heterocycles. The molecule has 1 aromatic carbocycles. The Hall–Kier alpha value is -1.16. The molecule has 0 heterocycles. The highest BCUT2D eigenvalue weighted by atomic mass is 32.2. The quantitative estimate of drug-likeness (QED) is 0.878. The van der Waals surface area contributed by atoms with Gasteiger partial charge in [0.1, 0.15) is 0 Å². The summed E-state index contributed by atoms with van der Waals surface area (Å²) in [4.78, 5) is 11.6. The summed E-state index contributed by atoms with van der Waals surface area (Å²) < 4.78 is 12.1. The zero-order valence-electron chi connectivity index (χ0n) is 10.4. The van der Waals surface area contributed by atoms with Gasteiger partial charge in [-0.25, -0.2) is 4.79 Å². The van der Waals surface area contributed by atoms with E-state index in [1.165, 1.54) is 6.07 Å². The molecule has 0 spiro atoms. The fraction of sp³-hybridized carbons (Fsp3) is 0.462. The fourth-order valence-corrected chi connectivity index (χ4v) is 3.05.